The second-order valence-corrected chi connectivity index (χ2v) is 1.76. The molecule has 7 heteroatoms. The molecule has 1 rings (SSSR count). The van der Waals surface area contributed by atoms with E-state index in [4.69, 9.17) is 0 Å². The lowest BCUT2D eigenvalue weighted by Crippen LogP contribution is -2.17. The van der Waals surface area contributed by atoms with Crippen molar-refractivity contribution in [3.05, 3.63) is 5.69 Å². The van der Waals surface area contributed by atoms with E-state index in [1.165, 1.54) is 6.92 Å². The first-order valence-electron chi connectivity index (χ1n) is 2.62. The number of nitrogens with one attached hydrogen (secondary N) is 1. The molecule has 1 aromatic rings. The number of aromatic amines is 1. The largest absolute Gasteiger partial charge is 0.574 e. The number of halogens is 3. The van der Waals surface area contributed by atoms with Gasteiger partial charge in [-0.3, -0.25) is 0 Å². The van der Waals surface area contributed by atoms with E-state index in [0.29, 0.717) is 0 Å². The summed E-state index contributed by atoms with van der Waals surface area (Å²) in [5, 5.41) is 8.46. The van der Waals surface area contributed by atoms with E-state index in [1.54, 1.807) is 0 Å². The molecule has 11 heavy (non-hydrogen) atoms. The molecule has 0 bridgehead atoms. The first kappa shape index (κ1) is 7.83. The molecule has 0 aliphatic carbocycles. The summed E-state index contributed by atoms with van der Waals surface area (Å²) in [5.74, 6) is -0.544. The van der Waals surface area contributed by atoms with Crippen molar-refractivity contribution in [2.75, 3.05) is 0 Å². The van der Waals surface area contributed by atoms with E-state index in [0.717, 1.165) is 0 Å². The van der Waals surface area contributed by atoms with E-state index in [1.807, 2.05) is 5.21 Å². The topological polar surface area (TPSA) is 50.8 Å². The van der Waals surface area contributed by atoms with Crippen molar-refractivity contribution in [2.24, 2.45) is 0 Å². The second-order valence-electron chi connectivity index (χ2n) is 1.76. The number of alkyl halides is 3. The Morgan fingerprint density at radius 2 is 2.00 bits per heavy atom. The summed E-state index contributed by atoms with van der Waals surface area (Å²) in [6.07, 6.45) is -4.71. The predicted molar refractivity (Wildman–Crippen MR) is 27.8 cm³/mol. The first-order chi connectivity index (χ1) is 4.99. The second kappa shape index (κ2) is 2.40. The van der Waals surface area contributed by atoms with Gasteiger partial charge in [0, 0.05) is 0 Å². The first-order valence-corrected chi connectivity index (χ1v) is 2.62. The number of hydrogen-bond acceptors (Lipinski definition) is 3. The average Bonchev–Trinajstić information content (AvgIpc) is 2.12. The molecule has 0 amide bonds. The molecule has 0 aliphatic rings. The molecule has 1 heterocycles. The number of aromatic nitrogens is 3. The number of aryl methyl sites for hydroxylation is 1. The van der Waals surface area contributed by atoms with E-state index < -0.39 is 12.2 Å². The van der Waals surface area contributed by atoms with Crippen LogP contribution < -0.4 is 4.74 Å². The molecule has 62 valence electrons. The summed E-state index contributed by atoms with van der Waals surface area (Å²) >= 11 is 0. The van der Waals surface area contributed by atoms with Crippen LogP contribution in [0.4, 0.5) is 13.2 Å². The lowest BCUT2D eigenvalue weighted by atomic mass is 10.5. The highest BCUT2D eigenvalue weighted by Gasteiger charge is 2.33. The summed E-state index contributed by atoms with van der Waals surface area (Å²) in [6, 6.07) is 0. The molecule has 1 aromatic heterocycles. The van der Waals surface area contributed by atoms with E-state index in [9.17, 15) is 13.2 Å². The van der Waals surface area contributed by atoms with Crippen LogP contribution in [0.15, 0.2) is 0 Å². The molecule has 0 saturated carbocycles. The van der Waals surface area contributed by atoms with Crippen LogP contribution in [0.1, 0.15) is 5.69 Å². The summed E-state index contributed by atoms with van der Waals surface area (Å²) in [4.78, 5) is 0. The van der Waals surface area contributed by atoms with Gasteiger partial charge in [-0.1, -0.05) is 0 Å². The molecule has 0 atom stereocenters. The van der Waals surface area contributed by atoms with Gasteiger partial charge in [0.25, 0.3) is 5.88 Å². The Bertz CT molecular complexity index is 243. The minimum atomic E-state index is -4.71. The number of nitrogens with zero attached hydrogens (tertiary/aromatic N) is 2. The van der Waals surface area contributed by atoms with Crippen LogP contribution in [0.5, 0.6) is 5.88 Å². The summed E-state index contributed by atoms with van der Waals surface area (Å²) < 4.78 is 38.0. The fourth-order valence-electron chi connectivity index (χ4n) is 0.480. The monoisotopic (exact) mass is 167 g/mol. The molecule has 0 aliphatic heterocycles. The van der Waals surface area contributed by atoms with Gasteiger partial charge in [-0.25, -0.2) is 0 Å². The normalized spacial score (nSPS) is 11.6. The Balaban J connectivity index is 2.72. The van der Waals surface area contributed by atoms with Crippen LogP contribution in [0.25, 0.3) is 0 Å². The third-order valence-electron chi connectivity index (χ3n) is 0.891. The van der Waals surface area contributed by atoms with Crippen molar-refractivity contribution in [3.63, 3.8) is 0 Å². The average molecular weight is 167 g/mol. The third kappa shape index (κ3) is 2.10. The Morgan fingerprint density at radius 1 is 1.36 bits per heavy atom. The molecule has 0 spiro atoms. The minimum Gasteiger partial charge on any atom is -0.384 e. The van der Waals surface area contributed by atoms with Crippen LogP contribution in [-0.2, 0) is 0 Å². The SMILES string of the molecule is Cc1n[nH]nc1OC(F)(F)F. The lowest BCUT2D eigenvalue weighted by molar-refractivity contribution is -0.276. The van der Waals surface area contributed by atoms with Gasteiger partial charge in [-0.15, -0.1) is 18.3 Å². The van der Waals surface area contributed by atoms with Gasteiger partial charge >= 0.3 is 6.36 Å². The highest BCUT2D eigenvalue weighted by molar-refractivity contribution is 5.12. The van der Waals surface area contributed by atoms with Gasteiger partial charge in [0.15, 0.2) is 0 Å². The van der Waals surface area contributed by atoms with Crippen LogP contribution in [0.3, 0.4) is 0 Å². The minimum absolute atomic E-state index is 0.0716. The molecular weight excluding hydrogens is 163 g/mol. The Kier molecular flexibility index (Phi) is 1.71. The van der Waals surface area contributed by atoms with Gasteiger partial charge in [-0.05, 0) is 6.92 Å². The Hall–Kier alpha value is -1.27. The van der Waals surface area contributed by atoms with Crippen molar-refractivity contribution in [1.82, 2.24) is 15.4 Å². The molecule has 0 aromatic carbocycles. The molecule has 0 radical (unpaired) electrons. The summed E-state index contributed by atoms with van der Waals surface area (Å²) in [6.45, 7) is 1.35. The van der Waals surface area contributed by atoms with Gasteiger partial charge in [0.1, 0.15) is 5.69 Å². The summed E-state index contributed by atoms with van der Waals surface area (Å²) in [7, 11) is 0. The molecular formula is C4H4F3N3O. The molecule has 4 nitrogen and oxygen atoms in total. The standard InChI is InChI=1S/C4H4F3N3O/c1-2-3(9-10-8-2)11-4(5,6)7/h1H3,(H,8,9,10). The highest BCUT2D eigenvalue weighted by Crippen LogP contribution is 2.21. The van der Waals surface area contributed by atoms with Gasteiger partial charge in [-0.2, -0.15) is 10.3 Å². The van der Waals surface area contributed by atoms with Crippen molar-refractivity contribution in [1.29, 1.82) is 0 Å². The maximum Gasteiger partial charge on any atom is 0.574 e. The van der Waals surface area contributed by atoms with E-state index >= 15 is 0 Å². The zero-order valence-corrected chi connectivity index (χ0v) is 5.44. The molecule has 1 N–H and O–H groups in total. The molecule has 0 fully saturated rings. The fraction of sp³-hybridized carbons (Fsp3) is 0.500. The Morgan fingerprint density at radius 3 is 2.36 bits per heavy atom. The Labute approximate surface area is 59.4 Å². The molecule has 0 unspecified atom stereocenters. The van der Waals surface area contributed by atoms with E-state index in [-0.39, 0.29) is 5.69 Å². The van der Waals surface area contributed by atoms with Crippen LogP contribution in [0, 0.1) is 6.92 Å². The smallest absolute Gasteiger partial charge is 0.384 e. The van der Waals surface area contributed by atoms with Gasteiger partial charge in [0.05, 0.1) is 0 Å². The maximum absolute atomic E-state index is 11.5. The van der Waals surface area contributed by atoms with Gasteiger partial charge in [0.2, 0.25) is 0 Å². The van der Waals surface area contributed by atoms with Crippen LogP contribution in [-0.4, -0.2) is 21.8 Å². The quantitative estimate of drug-likeness (QED) is 0.679. The number of ether oxygens (including phenoxy) is 1. The molecule has 0 saturated heterocycles. The van der Waals surface area contributed by atoms with Crippen molar-refractivity contribution >= 4 is 0 Å². The number of hydrogen-bond donors (Lipinski definition) is 1. The maximum atomic E-state index is 11.5. The van der Waals surface area contributed by atoms with Crippen LogP contribution in [0.2, 0.25) is 0 Å². The highest BCUT2D eigenvalue weighted by atomic mass is 19.4. The predicted octanol–water partition coefficient (Wildman–Crippen LogP) is 1.01. The number of H-pyrrole nitrogens is 1. The fourth-order valence-corrected chi connectivity index (χ4v) is 0.480. The van der Waals surface area contributed by atoms with Crippen molar-refractivity contribution in [3.8, 4) is 5.88 Å². The lowest BCUT2D eigenvalue weighted by Gasteiger charge is -2.04. The van der Waals surface area contributed by atoms with Crippen molar-refractivity contribution in [2.45, 2.75) is 13.3 Å². The van der Waals surface area contributed by atoms with Crippen LogP contribution >= 0.6 is 0 Å². The van der Waals surface area contributed by atoms with E-state index in [2.05, 4.69) is 14.9 Å². The summed E-state index contributed by atoms with van der Waals surface area (Å²) in [5.41, 5.74) is 0.0716. The van der Waals surface area contributed by atoms with Crippen molar-refractivity contribution < 1.29 is 17.9 Å². The zero-order chi connectivity index (χ0) is 8.48. The zero-order valence-electron chi connectivity index (χ0n) is 5.44. The third-order valence-corrected chi connectivity index (χ3v) is 0.891. The number of rotatable bonds is 1. The van der Waals surface area contributed by atoms with Gasteiger partial charge < -0.3 is 4.74 Å².